The van der Waals surface area contributed by atoms with Crippen LogP contribution in [-0.2, 0) is 4.74 Å². The van der Waals surface area contributed by atoms with E-state index in [-0.39, 0.29) is 5.91 Å². The van der Waals surface area contributed by atoms with Gasteiger partial charge in [-0.3, -0.25) is 4.79 Å². The Balaban J connectivity index is 2.33. The number of hydrogen-bond acceptors (Lipinski definition) is 2. The van der Waals surface area contributed by atoms with Crippen molar-refractivity contribution in [2.24, 2.45) is 0 Å². The van der Waals surface area contributed by atoms with Gasteiger partial charge in [0, 0.05) is 15.4 Å². The Hall–Kier alpha value is -0.140. The zero-order chi connectivity index (χ0) is 11.8. The average Bonchev–Trinajstić information content (AvgIpc) is 2.29. The van der Waals surface area contributed by atoms with E-state index < -0.39 is 0 Å². The monoisotopic (exact) mass is 397 g/mol. The number of alkyl halides is 1. The van der Waals surface area contributed by atoms with Crippen LogP contribution in [0.15, 0.2) is 24.3 Å². The predicted octanol–water partition coefficient (Wildman–Crippen LogP) is 2.43. The fraction of sp³-hybridized carbons (Fsp3) is 0.364. The zero-order valence-electron chi connectivity index (χ0n) is 8.71. The Morgan fingerprint density at radius 1 is 1.38 bits per heavy atom. The second kappa shape index (κ2) is 8.03. The van der Waals surface area contributed by atoms with Crippen LogP contribution < -0.4 is 5.32 Å². The van der Waals surface area contributed by atoms with Gasteiger partial charge in [-0.25, -0.2) is 0 Å². The Bertz CT molecular complexity index is 347. The molecule has 3 nitrogen and oxygen atoms in total. The molecule has 1 aromatic carbocycles. The van der Waals surface area contributed by atoms with E-state index >= 15 is 0 Å². The van der Waals surface area contributed by atoms with E-state index in [0.29, 0.717) is 25.3 Å². The molecular formula is C11H13BrINO2. The number of halogens is 2. The summed E-state index contributed by atoms with van der Waals surface area (Å²) in [4.78, 5) is 11.7. The summed E-state index contributed by atoms with van der Waals surface area (Å²) in [7, 11) is 0. The smallest absolute Gasteiger partial charge is 0.252 e. The SMILES string of the molecule is O=C(NCCOCCBr)c1ccccc1I. The molecule has 0 unspecified atom stereocenters. The number of ether oxygens (including phenoxy) is 1. The first-order valence-corrected chi connectivity index (χ1v) is 7.12. The molecule has 88 valence electrons. The number of amides is 1. The fourth-order valence-corrected chi connectivity index (χ4v) is 2.00. The van der Waals surface area contributed by atoms with Crippen LogP contribution in [0.2, 0.25) is 0 Å². The Morgan fingerprint density at radius 3 is 2.81 bits per heavy atom. The fourth-order valence-electron chi connectivity index (χ4n) is 1.13. The van der Waals surface area contributed by atoms with Gasteiger partial charge in [0.15, 0.2) is 0 Å². The van der Waals surface area contributed by atoms with Crippen LogP contribution in [0.5, 0.6) is 0 Å². The minimum atomic E-state index is -0.0487. The summed E-state index contributed by atoms with van der Waals surface area (Å²) in [6.45, 7) is 1.75. The molecule has 16 heavy (non-hydrogen) atoms. The summed E-state index contributed by atoms with van der Waals surface area (Å²) in [5.41, 5.74) is 0.712. The van der Waals surface area contributed by atoms with Gasteiger partial charge in [0.2, 0.25) is 0 Å². The highest BCUT2D eigenvalue weighted by Crippen LogP contribution is 2.10. The second-order valence-corrected chi connectivity index (χ2v) is 4.99. The normalized spacial score (nSPS) is 10.1. The average molecular weight is 398 g/mol. The van der Waals surface area contributed by atoms with Gasteiger partial charge >= 0.3 is 0 Å². The summed E-state index contributed by atoms with van der Waals surface area (Å²) >= 11 is 5.42. The van der Waals surface area contributed by atoms with Gasteiger partial charge in [-0.1, -0.05) is 28.1 Å². The summed E-state index contributed by atoms with van der Waals surface area (Å²) in [6, 6.07) is 7.50. The minimum Gasteiger partial charge on any atom is -0.379 e. The van der Waals surface area contributed by atoms with Gasteiger partial charge < -0.3 is 10.1 Å². The number of hydrogen-bond donors (Lipinski definition) is 1. The molecule has 1 amide bonds. The summed E-state index contributed by atoms with van der Waals surface area (Å²) < 4.78 is 6.19. The summed E-state index contributed by atoms with van der Waals surface area (Å²) in [5, 5.41) is 3.63. The van der Waals surface area contributed by atoms with Crippen molar-refractivity contribution in [3.63, 3.8) is 0 Å². The van der Waals surface area contributed by atoms with Gasteiger partial charge in [0.05, 0.1) is 18.8 Å². The molecule has 0 bridgehead atoms. The van der Waals surface area contributed by atoms with Crippen molar-refractivity contribution in [1.82, 2.24) is 5.32 Å². The van der Waals surface area contributed by atoms with E-state index in [4.69, 9.17) is 4.74 Å². The van der Waals surface area contributed by atoms with Crippen LogP contribution in [0.25, 0.3) is 0 Å². The van der Waals surface area contributed by atoms with Crippen LogP contribution in [0.1, 0.15) is 10.4 Å². The largest absolute Gasteiger partial charge is 0.379 e. The molecule has 5 heteroatoms. The maximum absolute atomic E-state index is 11.7. The van der Waals surface area contributed by atoms with Crippen LogP contribution in [0.4, 0.5) is 0 Å². The highest BCUT2D eigenvalue weighted by atomic mass is 127. The first-order valence-electron chi connectivity index (χ1n) is 4.92. The topological polar surface area (TPSA) is 38.3 Å². The Labute approximate surface area is 117 Å². The van der Waals surface area contributed by atoms with Gasteiger partial charge in [-0.15, -0.1) is 0 Å². The second-order valence-electron chi connectivity index (χ2n) is 3.04. The molecule has 0 fully saturated rings. The van der Waals surface area contributed by atoms with Gasteiger partial charge in [0.1, 0.15) is 0 Å². The Morgan fingerprint density at radius 2 is 2.12 bits per heavy atom. The molecule has 0 radical (unpaired) electrons. The molecule has 0 heterocycles. The molecule has 1 rings (SSSR count). The van der Waals surface area contributed by atoms with Crippen molar-refractivity contribution >= 4 is 44.4 Å². The molecule has 0 spiro atoms. The lowest BCUT2D eigenvalue weighted by Crippen LogP contribution is -2.28. The van der Waals surface area contributed by atoms with Crippen LogP contribution in [0.3, 0.4) is 0 Å². The first kappa shape index (κ1) is 13.9. The maximum atomic E-state index is 11.7. The van der Waals surface area contributed by atoms with Gasteiger partial charge in [0.25, 0.3) is 5.91 Å². The van der Waals surface area contributed by atoms with Crippen molar-refractivity contribution in [1.29, 1.82) is 0 Å². The van der Waals surface area contributed by atoms with E-state index in [2.05, 4.69) is 43.8 Å². The quantitative estimate of drug-likeness (QED) is 0.455. The molecular weight excluding hydrogens is 385 g/mol. The number of carbonyl (C=O) groups is 1. The third kappa shape index (κ3) is 4.80. The lowest BCUT2D eigenvalue weighted by molar-refractivity contribution is 0.0923. The van der Waals surface area contributed by atoms with Crippen molar-refractivity contribution in [3.8, 4) is 0 Å². The molecule has 0 aromatic heterocycles. The predicted molar refractivity (Wildman–Crippen MR) is 76.1 cm³/mol. The minimum absolute atomic E-state index is 0.0487. The van der Waals surface area contributed by atoms with E-state index in [1.54, 1.807) is 0 Å². The third-order valence-electron chi connectivity index (χ3n) is 1.87. The molecule has 0 saturated heterocycles. The van der Waals surface area contributed by atoms with Crippen molar-refractivity contribution in [2.75, 3.05) is 25.1 Å². The van der Waals surface area contributed by atoms with Crippen molar-refractivity contribution < 1.29 is 9.53 Å². The van der Waals surface area contributed by atoms with Crippen molar-refractivity contribution in [3.05, 3.63) is 33.4 Å². The van der Waals surface area contributed by atoms with Gasteiger partial charge in [-0.2, -0.15) is 0 Å². The van der Waals surface area contributed by atoms with E-state index in [1.165, 1.54) is 0 Å². The number of carbonyl (C=O) groups excluding carboxylic acids is 1. The van der Waals surface area contributed by atoms with E-state index in [0.717, 1.165) is 8.90 Å². The number of rotatable bonds is 6. The first-order chi connectivity index (χ1) is 7.75. The molecule has 0 aliphatic rings. The lowest BCUT2D eigenvalue weighted by Gasteiger charge is -2.06. The zero-order valence-corrected chi connectivity index (χ0v) is 12.5. The number of benzene rings is 1. The molecule has 1 N–H and O–H groups in total. The third-order valence-corrected chi connectivity index (χ3v) is 3.14. The van der Waals surface area contributed by atoms with Crippen LogP contribution in [0, 0.1) is 3.57 Å². The van der Waals surface area contributed by atoms with E-state index in [1.807, 2.05) is 24.3 Å². The van der Waals surface area contributed by atoms with E-state index in [9.17, 15) is 4.79 Å². The van der Waals surface area contributed by atoms with Crippen LogP contribution in [-0.4, -0.2) is 31.0 Å². The highest BCUT2D eigenvalue weighted by Gasteiger charge is 2.07. The number of nitrogens with one attached hydrogen (secondary N) is 1. The molecule has 0 aliphatic heterocycles. The summed E-state index contributed by atoms with van der Waals surface area (Å²) in [5.74, 6) is -0.0487. The highest BCUT2D eigenvalue weighted by molar-refractivity contribution is 14.1. The standard InChI is InChI=1S/C11H13BrINO2/c12-5-7-16-8-6-14-11(15)9-3-1-2-4-10(9)13/h1-4H,5-8H2,(H,14,15). The summed E-state index contributed by atoms with van der Waals surface area (Å²) in [6.07, 6.45) is 0. The molecule has 0 saturated carbocycles. The van der Waals surface area contributed by atoms with Gasteiger partial charge in [-0.05, 0) is 34.7 Å². The molecule has 0 atom stereocenters. The molecule has 0 aliphatic carbocycles. The van der Waals surface area contributed by atoms with Crippen molar-refractivity contribution in [2.45, 2.75) is 0 Å². The lowest BCUT2D eigenvalue weighted by atomic mass is 10.2. The Kier molecular flexibility index (Phi) is 6.98. The maximum Gasteiger partial charge on any atom is 0.252 e. The molecule has 1 aromatic rings. The van der Waals surface area contributed by atoms with Crippen LogP contribution >= 0.6 is 38.5 Å².